The Kier molecular flexibility index (Phi) is 4.92. The average Bonchev–Trinajstić information content (AvgIpc) is 3.00. The third kappa shape index (κ3) is 3.46. The van der Waals surface area contributed by atoms with Gasteiger partial charge in [-0.3, -0.25) is 4.79 Å². The average molecular weight is 372 g/mol. The van der Waals surface area contributed by atoms with Crippen molar-refractivity contribution in [2.24, 2.45) is 5.92 Å². The van der Waals surface area contributed by atoms with E-state index in [1.165, 1.54) is 11.1 Å². The van der Waals surface area contributed by atoms with Gasteiger partial charge in [-0.15, -0.1) is 0 Å². The summed E-state index contributed by atoms with van der Waals surface area (Å²) in [7, 11) is 1.66. The molecule has 136 valence electrons. The third-order valence-corrected chi connectivity index (χ3v) is 5.61. The highest BCUT2D eigenvalue weighted by atomic mass is 35.5. The van der Waals surface area contributed by atoms with Crippen molar-refractivity contribution in [1.82, 2.24) is 14.9 Å². The predicted octanol–water partition coefficient (Wildman–Crippen LogP) is 2.95. The zero-order valence-corrected chi connectivity index (χ0v) is 15.6. The lowest BCUT2D eigenvalue weighted by Crippen LogP contribution is -2.53. The molecular weight excluding hydrogens is 350 g/mol. The molecule has 1 aromatic carbocycles. The molecular formula is C20H22ClN3O2. The van der Waals surface area contributed by atoms with Crippen molar-refractivity contribution in [1.29, 1.82) is 0 Å². The lowest BCUT2D eigenvalue weighted by molar-refractivity contribution is 0.0201. The van der Waals surface area contributed by atoms with Crippen LogP contribution in [0.3, 0.4) is 0 Å². The Balaban J connectivity index is 1.37. The summed E-state index contributed by atoms with van der Waals surface area (Å²) < 4.78 is 5.16. The molecule has 1 aromatic heterocycles. The van der Waals surface area contributed by atoms with E-state index < -0.39 is 0 Å². The molecule has 2 atom stereocenters. The zero-order valence-electron chi connectivity index (χ0n) is 14.8. The summed E-state index contributed by atoms with van der Waals surface area (Å²) >= 11 is 6.08. The van der Waals surface area contributed by atoms with Gasteiger partial charge in [-0.1, -0.05) is 17.7 Å². The molecule has 1 aliphatic carbocycles. The number of rotatable bonds is 5. The highest BCUT2D eigenvalue weighted by Crippen LogP contribution is 2.30. The summed E-state index contributed by atoms with van der Waals surface area (Å²) in [6.45, 7) is 1.36. The lowest BCUT2D eigenvalue weighted by Gasteiger charge is -2.40. The fourth-order valence-electron chi connectivity index (χ4n) is 3.89. The van der Waals surface area contributed by atoms with Crippen molar-refractivity contribution < 1.29 is 9.53 Å². The van der Waals surface area contributed by atoms with Crippen LogP contribution in [-0.4, -0.2) is 47.1 Å². The summed E-state index contributed by atoms with van der Waals surface area (Å²) in [4.78, 5) is 23.2. The first-order valence-electron chi connectivity index (χ1n) is 9.02. The summed E-state index contributed by atoms with van der Waals surface area (Å²) in [6, 6.07) is 6.30. The minimum atomic E-state index is -0.00670. The molecule has 5 nitrogen and oxygen atoms in total. The van der Waals surface area contributed by atoms with Crippen LogP contribution in [0, 0.1) is 5.92 Å². The maximum absolute atomic E-state index is 12.5. The molecule has 6 heteroatoms. The van der Waals surface area contributed by atoms with Crippen LogP contribution in [-0.2, 0) is 24.0 Å². The quantitative estimate of drug-likeness (QED) is 0.810. The van der Waals surface area contributed by atoms with Crippen LogP contribution < -0.4 is 0 Å². The number of benzene rings is 1. The predicted molar refractivity (Wildman–Crippen MR) is 99.4 cm³/mol. The molecule has 2 heterocycles. The Labute approximate surface area is 158 Å². The molecule has 1 saturated heterocycles. The molecule has 0 saturated carbocycles. The molecule has 26 heavy (non-hydrogen) atoms. The molecule has 2 aliphatic rings. The molecule has 0 spiro atoms. The van der Waals surface area contributed by atoms with Gasteiger partial charge < -0.3 is 9.64 Å². The number of aromatic nitrogens is 2. The van der Waals surface area contributed by atoms with Crippen LogP contribution in [0.1, 0.15) is 33.7 Å². The number of methoxy groups -OCH3 is 1. The SMILES string of the molecule is COC[C@@H]1CCN1C(=O)c1cnc(CC2Cc3ccc(Cl)cc3C2)nc1. The number of likely N-dealkylation sites (tertiary alicyclic amines) is 1. The summed E-state index contributed by atoms with van der Waals surface area (Å²) in [5.41, 5.74) is 3.25. The summed E-state index contributed by atoms with van der Waals surface area (Å²) in [5, 5.41) is 0.793. The summed E-state index contributed by atoms with van der Waals surface area (Å²) in [6.07, 6.45) is 7.16. The number of carbonyl (C=O) groups excluding carboxylic acids is 1. The molecule has 1 amide bonds. The molecule has 0 radical (unpaired) electrons. The van der Waals surface area contributed by atoms with E-state index in [2.05, 4.69) is 22.1 Å². The van der Waals surface area contributed by atoms with Crippen molar-refractivity contribution in [2.75, 3.05) is 20.3 Å². The first-order valence-corrected chi connectivity index (χ1v) is 9.40. The van der Waals surface area contributed by atoms with Gasteiger partial charge in [0.05, 0.1) is 18.2 Å². The normalized spacial score (nSPS) is 21.4. The smallest absolute Gasteiger partial charge is 0.257 e. The van der Waals surface area contributed by atoms with Gasteiger partial charge in [0, 0.05) is 37.5 Å². The molecule has 4 rings (SSSR count). The Bertz CT molecular complexity index is 809. The van der Waals surface area contributed by atoms with Crippen LogP contribution in [0.4, 0.5) is 0 Å². The van der Waals surface area contributed by atoms with E-state index in [1.54, 1.807) is 19.5 Å². The number of hydrogen-bond acceptors (Lipinski definition) is 4. The van der Waals surface area contributed by atoms with E-state index in [9.17, 15) is 4.79 Å². The van der Waals surface area contributed by atoms with Crippen LogP contribution in [0.15, 0.2) is 30.6 Å². The molecule has 0 N–H and O–H groups in total. The van der Waals surface area contributed by atoms with Crippen LogP contribution in [0.25, 0.3) is 0 Å². The van der Waals surface area contributed by atoms with Gasteiger partial charge in [-0.25, -0.2) is 9.97 Å². The van der Waals surface area contributed by atoms with E-state index >= 15 is 0 Å². The largest absolute Gasteiger partial charge is 0.383 e. The maximum Gasteiger partial charge on any atom is 0.257 e. The van der Waals surface area contributed by atoms with Gasteiger partial charge in [-0.05, 0) is 48.4 Å². The van der Waals surface area contributed by atoms with Gasteiger partial charge >= 0.3 is 0 Å². The molecule has 1 fully saturated rings. The molecule has 1 unspecified atom stereocenters. The second kappa shape index (κ2) is 7.33. The number of amides is 1. The highest BCUT2D eigenvalue weighted by Gasteiger charge is 2.33. The number of hydrogen-bond donors (Lipinski definition) is 0. The van der Waals surface area contributed by atoms with Gasteiger partial charge in [0.2, 0.25) is 0 Å². The van der Waals surface area contributed by atoms with Crippen molar-refractivity contribution in [3.63, 3.8) is 0 Å². The molecule has 2 aromatic rings. The molecule has 1 aliphatic heterocycles. The molecule has 0 bridgehead atoms. The Morgan fingerprint density at radius 2 is 2.04 bits per heavy atom. The van der Waals surface area contributed by atoms with Crippen molar-refractivity contribution in [3.8, 4) is 0 Å². The zero-order chi connectivity index (χ0) is 18.1. The standard InChI is InChI=1S/C20H22ClN3O2/c1-26-12-18-4-5-24(18)20(25)16-10-22-19(23-11-16)8-13-6-14-2-3-17(21)9-15(14)7-13/h2-3,9-11,13,18H,4-8,12H2,1H3/t13?,18-/m0/s1. The van der Waals surface area contributed by atoms with Crippen molar-refractivity contribution in [2.45, 2.75) is 31.7 Å². The van der Waals surface area contributed by atoms with Gasteiger partial charge in [0.25, 0.3) is 5.91 Å². The van der Waals surface area contributed by atoms with E-state index in [-0.39, 0.29) is 11.9 Å². The maximum atomic E-state index is 12.5. The van der Waals surface area contributed by atoms with Crippen molar-refractivity contribution in [3.05, 3.63) is 58.1 Å². The third-order valence-electron chi connectivity index (χ3n) is 5.37. The fraction of sp³-hybridized carbons (Fsp3) is 0.450. The van der Waals surface area contributed by atoms with E-state index in [0.29, 0.717) is 18.1 Å². The Morgan fingerprint density at radius 1 is 1.27 bits per heavy atom. The van der Waals surface area contributed by atoms with Crippen molar-refractivity contribution >= 4 is 17.5 Å². The van der Waals surface area contributed by atoms with Gasteiger partial charge in [0.15, 0.2) is 0 Å². The minimum Gasteiger partial charge on any atom is -0.383 e. The monoisotopic (exact) mass is 371 g/mol. The Morgan fingerprint density at radius 3 is 2.73 bits per heavy atom. The van der Waals surface area contributed by atoms with Gasteiger partial charge in [-0.2, -0.15) is 0 Å². The van der Waals surface area contributed by atoms with Gasteiger partial charge in [0.1, 0.15) is 5.82 Å². The first kappa shape index (κ1) is 17.4. The number of halogens is 1. The second-order valence-electron chi connectivity index (χ2n) is 7.18. The number of fused-ring (bicyclic) bond motifs is 1. The van der Waals surface area contributed by atoms with E-state index in [0.717, 1.165) is 43.1 Å². The van der Waals surface area contributed by atoms with Crippen LogP contribution >= 0.6 is 11.6 Å². The van der Waals surface area contributed by atoms with Crippen LogP contribution in [0.2, 0.25) is 5.02 Å². The van der Waals surface area contributed by atoms with E-state index in [1.807, 2.05) is 11.0 Å². The second-order valence-corrected chi connectivity index (χ2v) is 7.61. The Hall–Kier alpha value is -1.98. The minimum absolute atomic E-state index is 0.00670. The summed E-state index contributed by atoms with van der Waals surface area (Å²) in [5.74, 6) is 1.28. The lowest BCUT2D eigenvalue weighted by atomic mass is 10.0. The van der Waals surface area contributed by atoms with E-state index in [4.69, 9.17) is 16.3 Å². The number of ether oxygens (including phenoxy) is 1. The highest BCUT2D eigenvalue weighted by molar-refractivity contribution is 6.30. The fourth-order valence-corrected chi connectivity index (χ4v) is 4.09. The first-order chi connectivity index (χ1) is 12.6. The van der Waals surface area contributed by atoms with Crippen LogP contribution in [0.5, 0.6) is 0 Å². The number of carbonyl (C=O) groups is 1. The topological polar surface area (TPSA) is 55.3 Å². The number of nitrogens with zero attached hydrogens (tertiary/aromatic N) is 3.